The van der Waals surface area contributed by atoms with Crippen molar-refractivity contribution in [1.82, 2.24) is 0 Å². The maximum Gasteiger partial charge on any atom is 0.416 e. The number of hydrogen-bond donors (Lipinski definition) is 0. The second kappa shape index (κ2) is 7.15. The quantitative estimate of drug-likeness (QED) is 0.334. The molecule has 1 aromatic heterocycles. The predicted molar refractivity (Wildman–Crippen MR) is 88.7 cm³/mol. The molecule has 140 valence electrons. The maximum atomic E-state index is 14.0. The first-order valence-corrected chi connectivity index (χ1v) is 8.07. The Bertz CT molecular complexity index is 987. The van der Waals surface area contributed by atoms with Crippen molar-refractivity contribution < 1.29 is 35.9 Å². The van der Waals surface area contributed by atoms with Gasteiger partial charge in [0.2, 0.25) is 0 Å². The van der Waals surface area contributed by atoms with Crippen molar-refractivity contribution in [3.63, 3.8) is 0 Å². The van der Waals surface area contributed by atoms with Gasteiger partial charge in [-0.25, -0.2) is 8.78 Å². The Hall–Kier alpha value is -2.68. The molecule has 0 atom stereocenters. The summed E-state index contributed by atoms with van der Waals surface area (Å²) >= 11 is 3.19. The van der Waals surface area contributed by atoms with E-state index in [0.717, 1.165) is 0 Å². The van der Waals surface area contributed by atoms with E-state index in [4.69, 9.17) is 9.15 Å². The number of rotatable bonds is 4. The van der Waals surface area contributed by atoms with Gasteiger partial charge in [-0.1, -0.05) is 15.9 Å². The Kier molecular flexibility index (Phi) is 5.05. The number of ether oxygens (including phenoxy) is 1. The van der Waals surface area contributed by atoms with E-state index in [-0.39, 0.29) is 29.4 Å². The number of furan rings is 1. The summed E-state index contributed by atoms with van der Waals surface area (Å²) in [5.41, 5.74) is -1.04. The molecule has 3 aromatic rings. The SMILES string of the molecule is O=Cc1ccc(-c2cc(Br)cc(Oc3c(F)cc(C(F)(F)F)cc3F)c2)o1. The summed E-state index contributed by atoms with van der Waals surface area (Å²) < 4.78 is 76.6. The Morgan fingerprint density at radius 3 is 2.22 bits per heavy atom. The number of hydrogen-bond acceptors (Lipinski definition) is 3. The summed E-state index contributed by atoms with van der Waals surface area (Å²) in [6.07, 6.45) is -4.38. The van der Waals surface area contributed by atoms with E-state index >= 15 is 0 Å². The van der Waals surface area contributed by atoms with Crippen LogP contribution in [-0.4, -0.2) is 6.29 Å². The highest BCUT2D eigenvalue weighted by atomic mass is 79.9. The van der Waals surface area contributed by atoms with Gasteiger partial charge in [0, 0.05) is 10.0 Å². The molecule has 0 saturated heterocycles. The molecule has 0 saturated carbocycles. The fourth-order valence-electron chi connectivity index (χ4n) is 2.27. The molecule has 3 rings (SSSR count). The zero-order chi connectivity index (χ0) is 19.8. The molecule has 0 unspecified atom stereocenters. The summed E-state index contributed by atoms with van der Waals surface area (Å²) in [7, 11) is 0. The minimum Gasteiger partial charge on any atom is -0.453 e. The van der Waals surface area contributed by atoms with Crippen molar-refractivity contribution >= 4 is 22.2 Å². The first-order chi connectivity index (χ1) is 12.7. The monoisotopic (exact) mass is 446 g/mol. The Morgan fingerprint density at radius 1 is 1.00 bits per heavy atom. The van der Waals surface area contributed by atoms with Crippen LogP contribution in [-0.2, 0) is 6.18 Å². The van der Waals surface area contributed by atoms with Gasteiger partial charge in [-0.3, -0.25) is 4.79 Å². The van der Waals surface area contributed by atoms with Crippen molar-refractivity contribution in [3.05, 3.63) is 69.9 Å². The first kappa shape index (κ1) is 19.1. The molecule has 0 aliphatic heterocycles. The van der Waals surface area contributed by atoms with Crippen molar-refractivity contribution in [1.29, 1.82) is 0 Å². The first-order valence-electron chi connectivity index (χ1n) is 7.27. The van der Waals surface area contributed by atoms with Gasteiger partial charge in [0.25, 0.3) is 0 Å². The molecule has 9 heteroatoms. The lowest BCUT2D eigenvalue weighted by atomic mass is 10.1. The Balaban J connectivity index is 1.98. The van der Waals surface area contributed by atoms with E-state index in [9.17, 15) is 26.7 Å². The van der Waals surface area contributed by atoms with Crippen molar-refractivity contribution in [2.45, 2.75) is 6.18 Å². The molecule has 0 fully saturated rings. The van der Waals surface area contributed by atoms with Crippen LogP contribution in [0.25, 0.3) is 11.3 Å². The zero-order valence-corrected chi connectivity index (χ0v) is 14.7. The number of carbonyl (C=O) groups is 1. The van der Waals surface area contributed by atoms with E-state index in [0.29, 0.717) is 16.3 Å². The summed E-state index contributed by atoms with van der Waals surface area (Å²) in [6, 6.07) is 7.56. The molecular formula is C18H8BrF5O3. The minimum atomic E-state index is -4.89. The summed E-state index contributed by atoms with van der Waals surface area (Å²) in [4.78, 5) is 10.7. The van der Waals surface area contributed by atoms with E-state index in [1.165, 1.54) is 24.3 Å². The topological polar surface area (TPSA) is 39.4 Å². The summed E-state index contributed by atoms with van der Waals surface area (Å²) in [5, 5.41) is 0. The van der Waals surface area contributed by atoms with E-state index in [1.807, 2.05) is 0 Å². The molecule has 0 bridgehead atoms. The second-order valence-corrected chi connectivity index (χ2v) is 6.28. The Morgan fingerprint density at radius 2 is 1.67 bits per heavy atom. The molecule has 0 radical (unpaired) electrons. The molecule has 0 N–H and O–H groups in total. The molecule has 0 amide bonds. The van der Waals surface area contributed by atoms with E-state index < -0.39 is 29.1 Å². The lowest BCUT2D eigenvalue weighted by Crippen LogP contribution is -2.07. The lowest BCUT2D eigenvalue weighted by Gasteiger charge is -2.12. The third-order valence-electron chi connectivity index (χ3n) is 3.44. The molecular weight excluding hydrogens is 439 g/mol. The fourth-order valence-corrected chi connectivity index (χ4v) is 2.75. The van der Waals surface area contributed by atoms with Gasteiger partial charge >= 0.3 is 6.18 Å². The minimum absolute atomic E-state index is 0.0546. The van der Waals surface area contributed by atoms with Crippen LogP contribution in [0.1, 0.15) is 16.1 Å². The van der Waals surface area contributed by atoms with Crippen LogP contribution in [0.15, 0.2) is 51.4 Å². The van der Waals surface area contributed by atoms with Crippen LogP contribution in [0.4, 0.5) is 22.0 Å². The molecule has 1 heterocycles. The van der Waals surface area contributed by atoms with Crippen LogP contribution < -0.4 is 4.74 Å². The average Bonchev–Trinajstić information content (AvgIpc) is 3.06. The van der Waals surface area contributed by atoms with Gasteiger partial charge in [-0.15, -0.1) is 0 Å². The zero-order valence-electron chi connectivity index (χ0n) is 13.1. The highest BCUT2D eigenvalue weighted by Crippen LogP contribution is 2.37. The van der Waals surface area contributed by atoms with Gasteiger partial charge in [0.05, 0.1) is 5.56 Å². The van der Waals surface area contributed by atoms with Crippen molar-refractivity contribution in [2.75, 3.05) is 0 Å². The number of halogens is 6. The molecule has 0 aliphatic rings. The summed E-state index contributed by atoms with van der Waals surface area (Å²) in [6.45, 7) is 0. The number of carbonyl (C=O) groups excluding carboxylic acids is 1. The van der Waals surface area contributed by atoms with Gasteiger partial charge < -0.3 is 9.15 Å². The molecule has 3 nitrogen and oxygen atoms in total. The van der Waals surface area contributed by atoms with Crippen LogP contribution in [0, 0.1) is 11.6 Å². The molecule has 2 aromatic carbocycles. The van der Waals surface area contributed by atoms with Crippen molar-refractivity contribution in [2.24, 2.45) is 0 Å². The van der Waals surface area contributed by atoms with Gasteiger partial charge in [-0.2, -0.15) is 13.2 Å². The molecule has 0 aliphatic carbocycles. The highest BCUT2D eigenvalue weighted by Gasteiger charge is 2.33. The smallest absolute Gasteiger partial charge is 0.416 e. The number of alkyl halides is 3. The maximum absolute atomic E-state index is 14.0. The van der Waals surface area contributed by atoms with Crippen LogP contribution >= 0.6 is 15.9 Å². The molecule has 0 spiro atoms. The third kappa shape index (κ3) is 4.19. The average molecular weight is 447 g/mol. The third-order valence-corrected chi connectivity index (χ3v) is 3.90. The molecule has 27 heavy (non-hydrogen) atoms. The van der Waals surface area contributed by atoms with Gasteiger partial charge in [0.1, 0.15) is 11.5 Å². The lowest BCUT2D eigenvalue weighted by molar-refractivity contribution is -0.138. The fraction of sp³-hybridized carbons (Fsp3) is 0.0556. The van der Waals surface area contributed by atoms with E-state index in [1.54, 1.807) is 6.07 Å². The predicted octanol–water partition coefficient (Wildman–Crippen LogP) is 6.61. The second-order valence-electron chi connectivity index (χ2n) is 5.36. The van der Waals surface area contributed by atoms with Crippen LogP contribution in [0.3, 0.4) is 0 Å². The van der Waals surface area contributed by atoms with E-state index in [2.05, 4.69) is 15.9 Å². The number of benzene rings is 2. The van der Waals surface area contributed by atoms with Gasteiger partial charge in [0.15, 0.2) is 29.4 Å². The standard InChI is InChI=1S/C18H8BrF5O3/c19-11-3-9(16-2-1-12(8-25)26-16)4-13(7-11)27-17-14(20)5-10(6-15(17)21)18(22,23)24/h1-8H. The normalized spacial score (nSPS) is 11.5. The van der Waals surface area contributed by atoms with Crippen LogP contribution in [0.2, 0.25) is 0 Å². The largest absolute Gasteiger partial charge is 0.453 e. The number of aldehydes is 1. The van der Waals surface area contributed by atoms with Gasteiger partial charge in [-0.05, 0) is 42.5 Å². The highest BCUT2D eigenvalue weighted by molar-refractivity contribution is 9.10. The van der Waals surface area contributed by atoms with Crippen LogP contribution in [0.5, 0.6) is 11.5 Å². The summed E-state index contributed by atoms with van der Waals surface area (Å²) in [5.74, 6) is -3.65. The van der Waals surface area contributed by atoms with Crippen molar-refractivity contribution in [3.8, 4) is 22.8 Å². The Labute approximate surface area is 157 Å².